The van der Waals surface area contributed by atoms with E-state index in [0.717, 1.165) is 30.7 Å². The van der Waals surface area contributed by atoms with Gasteiger partial charge < -0.3 is 19.7 Å². The lowest BCUT2D eigenvalue weighted by Crippen LogP contribution is -2.84. The molecule has 1 heterocycles. The van der Waals surface area contributed by atoms with Gasteiger partial charge in [-0.2, -0.15) is 0 Å². The van der Waals surface area contributed by atoms with Gasteiger partial charge in [0.25, 0.3) is 5.91 Å². The molecular formula is C23H24ClN3O4. The van der Waals surface area contributed by atoms with E-state index in [1.165, 1.54) is 0 Å². The maximum atomic E-state index is 13.0. The Balaban J connectivity index is 1.12. The lowest BCUT2D eigenvalue weighted by molar-refractivity contribution is -0.165. The molecule has 4 aliphatic rings. The predicted molar refractivity (Wildman–Crippen MR) is 117 cm³/mol. The number of halogens is 1. The molecule has 2 aromatic rings. The van der Waals surface area contributed by atoms with Gasteiger partial charge in [-0.3, -0.25) is 9.69 Å². The van der Waals surface area contributed by atoms with Gasteiger partial charge >= 0.3 is 6.03 Å². The van der Waals surface area contributed by atoms with Crippen molar-refractivity contribution in [2.75, 3.05) is 31.7 Å². The Bertz CT molecular complexity index is 989. The van der Waals surface area contributed by atoms with Crippen LogP contribution in [0.1, 0.15) is 19.3 Å². The normalized spacial score (nSPS) is 26.2. The average Bonchev–Trinajstić information content (AvgIpc) is 3.10. The van der Waals surface area contributed by atoms with Crippen molar-refractivity contribution >= 4 is 29.2 Å². The minimum Gasteiger partial charge on any atom is -0.497 e. The van der Waals surface area contributed by atoms with Gasteiger partial charge in [0.05, 0.1) is 12.6 Å². The molecule has 3 saturated carbocycles. The highest BCUT2D eigenvalue weighted by Gasteiger charge is 2.72. The highest BCUT2D eigenvalue weighted by molar-refractivity contribution is 6.30. The lowest BCUT2D eigenvalue weighted by atomic mass is 9.43. The van der Waals surface area contributed by atoms with Gasteiger partial charge in [0, 0.05) is 29.3 Å². The van der Waals surface area contributed by atoms with E-state index in [1.807, 2.05) is 17.0 Å². The third-order valence-corrected chi connectivity index (χ3v) is 6.81. The molecule has 0 atom stereocenters. The van der Waals surface area contributed by atoms with Gasteiger partial charge in [0.15, 0.2) is 6.61 Å². The van der Waals surface area contributed by atoms with Crippen molar-refractivity contribution in [3.63, 3.8) is 0 Å². The first kappa shape index (κ1) is 20.0. The quantitative estimate of drug-likeness (QED) is 0.714. The minimum atomic E-state index is -0.200. The molecule has 1 saturated heterocycles. The fourth-order valence-electron chi connectivity index (χ4n) is 5.14. The molecule has 3 aliphatic carbocycles. The average molecular weight is 442 g/mol. The van der Waals surface area contributed by atoms with Gasteiger partial charge in [-0.05, 0) is 67.8 Å². The molecule has 1 N–H and O–H groups in total. The first-order valence-corrected chi connectivity index (χ1v) is 10.7. The summed E-state index contributed by atoms with van der Waals surface area (Å²) in [6.45, 7) is 1.33. The van der Waals surface area contributed by atoms with Crippen molar-refractivity contribution in [1.29, 1.82) is 0 Å². The van der Waals surface area contributed by atoms with Crippen molar-refractivity contribution in [2.45, 2.75) is 30.3 Å². The maximum Gasteiger partial charge on any atom is 0.325 e. The molecule has 7 nitrogen and oxygen atoms in total. The zero-order valence-corrected chi connectivity index (χ0v) is 18.0. The standard InChI is InChI=1S/C23H24ClN3O4/c1-30-18-6-8-19(9-7-18)31-12-20(28)25-22-13-23(14-22,15-22)27-11-10-26(21(27)29)17-4-2-16(24)3-5-17/h2-9H,10-15H2,1H3,(H,25,28). The van der Waals surface area contributed by atoms with E-state index in [2.05, 4.69) is 5.32 Å². The molecule has 0 spiro atoms. The molecule has 2 aromatic carbocycles. The van der Waals surface area contributed by atoms with Crippen LogP contribution in [-0.4, -0.2) is 54.7 Å². The molecule has 31 heavy (non-hydrogen) atoms. The monoisotopic (exact) mass is 441 g/mol. The molecule has 162 valence electrons. The van der Waals surface area contributed by atoms with Crippen molar-refractivity contribution < 1.29 is 19.1 Å². The Morgan fingerprint density at radius 1 is 1.03 bits per heavy atom. The second kappa shape index (κ2) is 7.34. The number of methoxy groups -OCH3 is 1. The molecule has 0 aromatic heterocycles. The number of benzene rings is 2. The van der Waals surface area contributed by atoms with Crippen molar-refractivity contribution in [3.8, 4) is 11.5 Å². The van der Waals surface area contributed by atoms with E-state index in [4.69, 9.17) is 21.1 Å². The second-order valence-electron chi connectivity index (χ2n) is 8.61. The summed E-state index contributed by atoms with van der Waals surface area (Å²) in [6.07, 6.45) is 2.40. The Labute approximate surface area is 185 Å². The molecule has 8 heteroatoms. The summed E-state index contributed by atoms with van der Waals surface area (Å²) in [5, 5.41) is 3.76. The van der Waals surface area contributed by atoms with Crippen LogP contribution in [0.2, 0.25) is 5.02 Å². The van der Waals surface area contributed by atoms with Gasteiger partial charge in [-0.1, -0.05) is 11.6 Å². The number of ether oxygens (including phenoxy) is 2. The van der Waals surface area contributed by atoms with Crippen LogP contribution in [0.3, 0.4) is 0 Å². The largest absolute Gasteiger partial charge is 0.497 e. The van der Waals surface area contributed by atoms with Crippen LogP contribution in [0.4, 0.5) is 10.5 Å². The van der Waals surface area contributed by atoms with Gasteiger partial charge in [0.2, 0.25) is 0 Å². The summed E-state index contributed by atoms with van der Waals surface area (Å²) in [6, 6.07) is 14.5. The number of hydrogen-bond acceptors (Lipinski definition) is 4. The molecule has 2 bridgehead atoms. The predicted octanol–water partition coefficient (Wildman–Crippen LogP) is 3.46. The minimum absolute atomic E-state index is 0.0322. The Kier molecular flexibility index (Phi) is 4.73. The van der Waals surface area contributed by atoms with E-state index < -0.39 is 0 Å². The van der Waals surface area contributed by atoms with E-state index in [1.54, 1.807) is 48.4 Å². The Morgan fingerprint density at radius 3 is 2.32 bits per heavy atom. The fraction of sp³-hybridized carbons (Fsp3) is 0.391. The summed E-state index contributed by atoms with van der Waals surface area (Å²) in [5.74, 6) is 1.22. The number of carbonyl (C=O) groups excluding carboxylic acids is 2. The van der Waals surface area contributed by atoms with Gasteiger partial charge in [-0.15, -0.1) is 0 Å². The highest BCUT2D eigenvalue weighted by atomic mass is 35.5. The third-order valence-electron chi connectivity index (χ3n) is 6.56. The van der Waals surface area contributed by atoms with E-state index >= 15 is 0 Å². The summed E-state index contributed by atoms with van der Waals surface area (Å²) < 4.78 is 10.7. The Morgan fingerprint density at radius 2 is 1.68 bits per heavy atom. The molecule has 0 unspecified atom stereocenters. The molecule has 1 aliphatic heterocycles. The number of nitrogens with one attached hydrogen (secondary N) is 1. The van der Waals surface area contributed by atoms with Gasteiger partial charge in [-0.25, -0.2) is 4.79 Å². The smallest absolute Gasteiger partial charge is 0.325 e. The number of hydrogen-bond donors (Lipinski definition) is 1. The van der Waals surface area contributed by atoms with Crippen LogP contribution in [0.5, 0.6) is 11.5 Å². The fourth-order valence-corrected chi connectivity index (χ4v) is 5.27. The summed E-state index contributed by atoms with van der Waals surface area (Å²) in [7, 11) is 1.60. The topological polar surface area (TPSA) is 71.1 Å². The van der Waals surface area contributed by atoms with Crippen LogP contribution in [0.25, 0.3) is 0 Å². The summed E-state index contributed by atoms with van der Waals surface area (Å²) >= 11 is 5.96. The maximum absolute atomic E-state index is 13.0. The van der Waals surface area contributed by atoms with E-state index in [0.29, 0.717) is 23.9 Å². The highest BCUT2D eigenvalue weighted by Crippen LogP contribution is 2.64. The molecule has 3 amide bonds. The van der Waals surface area contributed by atoms with Crippen LogP contribution in [0, 0.1) is 0 Å². The molecular weight excluding hydrogens is 418 g/mol. The van der Waals surface area contributed by atoms with Crippen LogP contribution in [-0.2, 0) is 4.79 Å². The number of anilines is 1. The number of amides is 3. The third kappa shape index (κ3) is 3.47. The summed E-state index contributed by atoms with van der Waals surface area (Å²) in [4.78, 5) is 29.1. The SMILES string of the molecule is COc1ccc(OCC(=O)NC23CC(N4CCN(c5ccc(Cl)cc5)C4=O)(C2)C3)cc1. The first-order valence-electron chi connectivity index (χ1n) is 10.3. The zero-order chi connectivity index (χ0) is 21.6. The molecule has 6 rings (SSSR count). The number of nitrogens with zero attached hydrogens (tertiary/aromatic N) is 2. The van der Waals surface area contributed by atoms with Crippen molar-refractivity contribution in [2.24, 2.45) is 0 Å². The summed E-state index contributed by atoms with van der Waals surface area (Å²) in [5.41, 5.74) is 0.540. The van der Waals surface area contributed by atoms with Crippen LogP contribution >= 0.6 is 11.6 Å². The van der Waals surface area contributed by atoms with E-state index in [9.17, 15) is 9.59 Å². The second-order valence-corrected chi connectivity index (χ2v) is 9.05. The molecule has 4 fully saturated rings. The van der Waals surface area contributed by atoms with Crippen LogP contribution in [0.15, 0.2) is 48.5 Å². The zero-order valence-electron chi connectivity index (χ0n) is 17.3. The number of rotatable bonds is 7. The lowest BCUT2D eigenvalue weighted by Gasteiger charge is -2.72. The molecule has 0 radical (unpaired) electrons. The van der Waals surface area contributed by atoms with Gasteiger partial charge in [0.1, 0.15) is 11.5 Å². The first-order chi connectivity index (χ1) is 14.9. The van der Waals surface area contributed by atoms with E-state index in [-0.39, 0.29) is 29.6 Å². The van der Waals surface area contributed by atoms with Crippen molar-refractivity contribution in [1.82, 2.24) is 10.2 Å². The Hall–Kier alpha value is -2.93. The number of carbonyl (C=O) groups is 2. The van der Waals surface area contributed by atoms with Crippen molar-refractivity contribution in [3.05, 3.63) is 53.6 Å². The van der Waals surface area contributed by atoms with Crippen LogP contribution < -0.4 is 19.7 Å². The number of urea groups is 1.